The van der Waals surface area contributed by atoms with E-state index >= 15 is 0 Å². The molecule has 0 aliphatic heterocycles. The lowest BCUT2D eigenvalue weighted by Gasteiger charge is -2.10. The predicted molar refractivity (Wildman–Crippen MR) is 89.7 cm³/mol. The second-order valence-electron chi connectivity index (χ2n) is 4.86. The van der Waals surface area contributed by atoms with Crippen LogP contribution >= 0.6 is 0 Å². The summed E-state index contributed by atoms with van der Waals surface area (Å²) in [7, 11) is -3.70. The van der Waals surface area contributed by atoms with Crippen molar-refractivity contribution in [2.45, 2.75) is 9.79 Å². The van der Waals surface area contributed by atoms with Crippen molar-refractivity contribution in [2.24, 2.45) is 0 Å². The minimum absolute atomic E-state index is 0.0999. The van der Waals surface area contributed by atoms with Crippen LogP contribution in [0.4, 0.5) is 5.69 Å². The summed E-state index contributed by atoms with van der Waals surface area (Å²) in [5.74, 6) is 0.110. The molecular formula is C16H12N6O2S. The highest BCUT2D eigenvalue weighted by Gasteiger charge is 2.20. The van der Waals surface area contributed by atoms with Crippen LogP contribution in [-0.4, -0.2) is 29.0 Å². The molecule has 9 heteroatoms. The number of aromatic amines is 1. The molecule has 1 aromatic heterocycles. The molecule has 0 saturated heterocycles. The van der Waals surface area contributed by atoms with Gasteiger partial charge < -0.3 is 5.32 Å². The first-order valence-electron chi connectivity index (χ1n) is 7.12. The van der Waals surface area contributed by atoms with Crippen LogP contribution in [0.25, 0.3) is 5.57 Å². The molecule has 0 aliphatic carbocycles. The van der Waals surface area contributed by atoms with Gasteiger partial charge in [-0.05, 0) is 29.5 Å². The maximum atomic E-state index is 12.8. The van der Waals surface area contributed by atoms with E-state index in [1.165, 1.54) is 24.4 Å². The molecule has 0 saturated carbocycles. The maximum Gasteiger partial charge on any atom is 0.216 e. The average Bonchev–Trinajstić information content (AvgIpc) is 3.18. The molecule has 0 aliphatic rings. The summed E-state index contributed by atoms with van der Waals surface area (Å²) < 4.78 is 25.7. The molecule has 3 rings (SSSR count). The number of sulfone groups is 1. The van der Waals surface area contributed by atoms with Gasteiger partial charge in [-0.3, -0.25) is 0 Å². The number of nitriles is 1. The summed E-state index contributed by atoms with van der Waals surface area (Å²) >= 11 is 0. The zero-order valence-corrected chi connectivity index (χ0v) is 13.6. The average molecular weight is 352 g/mol. The Morgan fingerprint density at radius 2 is 1.84 bits per heavy atom. The van der Waals surface area contributed by atoms with Crippen molar-refractivity contribution in [3.05, 3.63) is 66.6 Å². The van der Waals surface area contributed by atoms with Gasteiger partial charge in [0.15, 0.2) is 0 Å². The first kappa shape index (κ1) is 16.4. The molecule has 0 fully saturated rings. The molecule has 0 radical (unpaired) electrons. The Morgan fingerprint density at radius 1 is 1.12 bits per heavy atom. The SMILES string of the molecule is N#CC(=CNc1ccccc1S(=O)(=O)c1ccccc1)c1nn[nH]n1. The standard InChI is InChI=1S/C16H12N6O2S/c17-10-12(16-19-21-22-20-16)11-18-14-8-4-5-9-15(14)25(23,24)13-6-2-1-3-7-13/h1-9,11,18H,(H,19,20,21,22). The minimum atomic E-state index is -3.70. The van der Waals surface area contributed by atoms with Crippen LogP contribution in [0.15, 0.2) is 70.6 Å². The number of anilines is 1. The summed E-state index contributed by atoms with van der Waals surface area (Å²) in [5, 5.41) is 25.1. The zero-order chi connectivity index (χ0) is 17.7. The topological polar surface area (TPSA) is 124 Å². The molecule has 3 aromatic rings. The van der Waals surface area contributed by atoms with E-state index in [1.807, 2.05) is 6.07 Å². The van der Waals surface area contributed by atoms with E-state index in [4.69, 9.17) is 0 Å². The van der Waals surface area contributed by atoms with Gasteiger partial charge in [-0.15, -0.1) is 10.2 Å². The molecule has 0 unspecified atom stereocenters. The lowest BCUT2D eigenvalue weighted by Crippen LogP contribution is -2.05. The number of hydrogen-bond donors (Lipinski definition) is 2. The molecular weight excluding hydrogens is 340 g/mol. The summed E-state index contributed by atoms with van der Waals surface area (Å²) in [6.45, 7) is 0. The Labute approximate surface area is 143 Å². The summed E-state index contributed by atoms with van der Waals surface area (Å²) in [5.41, 5.74) is 0.447. The van der Waals surface area contributed by atoms with Crippen molar-refractivity contribution in [1.29, 1.82) is 5.26 Å². The largest absolute Gasteiger partial charge is 0.359 e. The highest BCUT2D eigenvalue weighted by molar-refractivity contribution is 7.91. The molecule has 0 bridgehead atoms. The zero-order valence-electron chi connectivity index (χ0n) is 12.8. The molecule has 8 nitrogen and oxygen atoms in total. The van der Waals surface area contributed by atoms with Crippen molar-refractivity contribution in [1.82, 2.24) is 20.6 Å². The fourth-order valence-electron chi connectivity index (χ4n) is 2.12. The van der Waals surface area contributed by atoms with Crippen molar-refractivity contribution in [2.75, 3.05) is 5.32 Å². The van der Waals surface area contributed by atoms with Gasteiger partial charge in [0.1, 0.15) is 11.6 Å². The van der Waals surface area contributed by atoms with Gasteiger partial charge in [-0.1, -0.05) is 30.3 Å². The lowest BCUT2D eigenvalue weighted by atomic mass is 10.3. The van der Waals surface area contributed by atoms with E-state index in [9.17, 15) is 13.7 Å². The number of para-hydroxylation sites is 1. The highest BCUT2D eigenvalue weighted by atomic mass is 32.2. The number of hydrogen-bond acceptors (Lipinski definition) is 7. The van der Waals surface area contributed by atoms with Crippen LogP contribution < -0.4 is 5.32 Å². The number of tetrazole rings is 1. The van der Waals surface area contributed by atoms with Crippen LogP contribution in [-0.2, 0) is 9.84 Å². The van der Waals surface area contributed by atoms with E-state index in [0.29, 0.717) is 5.69 Å². The third kappa shape index (κ3) is 3.39. The van der Waals surface area contributed by atoms with E-state index in [2.05, 4.69) is 25.9 Å². The third-order valence-corrected chi connectivity index (χ3v) is 5.14. The van der Waals surface area contributed by atoms with Crippen LogP contribution in [0, 0.1) is 11.3 Å². The number of nitrogens with one attached hydrogen (secondary N) is 2. The van der Waals surface area contributed by atoms with Gasteiger partial charge in [0.25, 0.3) is 0 Å². The van der Waals surface area contributed by atoms with Crippen molar-refractivity contribution in [3.63, 3.8) is 0 Å². The summed E-state index contributed by atoms with van der Waals surface area (Å²) in [6.07, 6.45) is 1.34. The molecule has 0 amide bonds. The summed E-state index contributed by atoms with van der Waals surface area (Å²) in [4.78, 5) is 0.287. The molecule has 124 valence electrons. The second kappa shape index (κ2) is 6.94. The lowest BCUT2D eigenvalue weighted by molar-refractivity contribution is 0.596. The second-order valence-corrected chi connectivity index (χ2v) is 6.78. The van der Waals surface area contributed by atoms with Crippen LogP contribution in [0.2, 0.25) is 0 Å². The van der Waals surface area contributed by atoms with Gasteiger partial charge in [-0.25, -0.2) is 8.42 Å². The van der Waals surface area contributed by atoms with E-state index in [0.717, 1.165) is 0 Å². The molecule has 0 atom stereocenters. The third-order valence-electron chi connectivity index (χ3n) is 3.31. The van der Waals surface area contributed by atoms with Gasteiger partial charge >= 0.3 is 0 Å². The Bertz CT molecular complexity index is 1040. The van der Waals surface area contributed by atoms with Crippen molar-refractivity contribution in [3.8, 4) is 6.07 Å². The fraction of sp³-hybridized carbons (Fsp3) is 0. The molecule has 2 aromatic carbocycles. The number of nitrogens with zero attached hydrogens (tertiary/aromatic N) is 4. The monoisotopic (exact) mass is 352 g/mol. The van der Waals surface area contributed by atoms with Gasteiger partial charge in [0.05, 0.1) is 15.5 Å². The Balaban J connectivity index is 1.99. The Morgan fingerprint density at radius 3 is 2.52 bits per heavy atom. The van der Waals surface area contributed by atoms with E-state index in [1.54, 1.807) is 36.4 Å². The smallest absolute Gasteiger partial charge is 0.216 e. The number of H-pyrrole nitrogens is 1. The normalized spacial score (nSPS) is 11.7. The minimum Gasteiger partial charge on any atom is -0.359 e. The first-order chi connectivity index (χ1) is 12.1. The number of benzene rings is 2. The van der Waals surface area contributed by atoms with Gasteiger partial charge in [0.2, 0.25) is 15.7 Å². The predicted octanol–water partition coefficient (Wildman–Crippen LogP) is 2.01. The van der Waals surface area contributed by atoms with Gasteiger partial charge in [0, 0.05) is 6.20 Å². The molecule has 2 N–H and O–H groups in total. The number of allylic oxidation sites excluding steroid dienone is 1. The van der Waals surface area contributed by atoms with E-state index < -0.39 is 9.84 Å². The fourth-order valence-corrected chi connectivity index (χ4v) is 3.56. The number of aromatic nitrogens is 4. The van der Waals surface area contributed by atoms with Crippen LogP contribution in [0.1, 0.15) is 5.82 Å². The van der Waals surface area contributed by atoms with Gasteiger partial charge in [-0.2, -0.15) is 10.5 Å². The van der Waals surface area contributed by atoms with E-state index in [-0.39, 0.29) is 21.2 Å². The van der Waals surface area contributed by atoms with Crippen molar-refractivity contribution >= 4 is 21.1 Å². The Kier molecular flexibility index (Phi) is 4.54. The number of rotatable bonds is 5. The first-order valence-corrected chi connectivity index (χ1v) is 8.61. The van der Waals surface area contributed by atoms with Crippen LogP contribution in [0.5, 0.6) is 0 Å². The molecule has 1 heterocycles. The quantitative estimate of drug-likeness (QED) is 0.673. The summed E-state index contributed by atoms with van der Waals surface area (Å²) in [6, 6.07) is 16.5. The maximum absolute atomic E-state index is 12.8. The van der Waals surface area contributed by atoms with Crippen LogP contribution in [0.3, 0.4) is 0 Å². The van der Waals surface area contributed by atoms with Crippen molar-refractivity contribution < 1.29 is 8.42 Å². The highest BCUT2D eigenvalue weighted by Crippen LogP contribution is 2.27. The molecule has 0 spiro atoms. The molecule has 25 heavy (non-hydrogen) atoms. The Hall–Kier alpha value is -3.51.